The number of Topliss-reactive ketones (excluding diaryl/α,β-unsaturated/α-hetero) is 1. The molecule has 0 saturated heterocycles. The van der Waals surface area contributed by atoms with Gasteiger partial charge in [-0.05, 0) is 12.3 Å². The van der Waals surface area contributed by atoms with Crippen LogP contribution in [0.25, 0.3) is 0 Å². The van der Waals surface area contributed by atoms with Crippen LogP contribution in [0.15, 0.2) is 12.2 Å². The van der Waals surface area contributed by atoms with Gasteiger partial charge in [-0.3, -0.25) is 14.5 Å². The van der Waals surface area contributed by atoms with Crippen molar-refractivity contribution >= 4 is 17.6 Å². The van der Waals surface area contributed by atoms with Crippen LogP contribution in [-0.2, 0) is 14.4 Å². The normalized spacial score (nSPS) is 16.3. The fourth-order valence-corrected chi connectivity index (χ4v) is 1.74. The molecule has 0 saturated carbocycles. The first-order valence-electron chi connectivity index (χ1n) is 4.85. The zero-order valence-corrected chi connectivity index (χ0v) is 9.24. The lowest BCUT2D eigenvalue weighted by Crippen LogP contribution is -2.39. The lowest BCUT2D eigenvalue weighted by molar-refractivity contribution is -0.139. The van der Waals surface area contributed by atoms with Gasteiger partial charge in [0.15, 0.2) is 0 Å². The third-order valence-corrected chi connectivity index (χ3v) is 2.21. The minimum atomic E-state index is -0.358. The van der Waals surface area contributed by atoms with Crippen molar-refractivity contribution in [2.75, 3.05) is 6.54 Å². The Bertz CT molecular complexity index is 324. The minimum Gasteiger partial charge on any atom is -0.300 e. The fourth-order valence-electron chi connectivity index (χ4n) is 1.74. The average molecular weight is 209 g/mol. The third-order valence-electron chi connectivity index (χ3n) is 2.21. The Labute approximate surface area is 88.9 Å². The summed E-state index contributed by atoms with van der Waals surface area (Å²) in [5.74, 6) is -0.527. The molecule has 0 aliphatic carbocycles. The SMILES string of the molecule is CC(=O)CC(C)(C)CN1C(=O)C=CC1=O. The van der Waals surface area contributed by atoms with Gasteiger partial charge in [0, 0.05) is 25.1 Å². The molecule has 1 aliphatic heterocycles. The molecule has 2 amide bonds. The first-order chi connectivity index (χ1) is 6.82. The predicted molar refractivity (Wildman–Crippen MR) is 54.9 cm³/mol. The highest BCUT2D eigenvalue weighted by atomic mass is 16.2. The molecule has 82 valence electrons. The van der Waals surface area contributed by atoms with Gasteiger partial charge in [0.05, 0.1) is 0 Å². The second-order valence-corrected chi connectivity index (χ2v) is 4.64. The van der Waals surface area contributed by atoms with E-state index in [1.54, 1.807) is 0 Å². The van der Waals surface area contributed by atoms with E-state index in [9.17, 15) is 14.4 Å². The molecule has 0 atom stereocenters. The number of rotatable bonds is 4. The van der Waals surface area contributed by atoms with Gasteiger partial charge in [-0.25, -0.2) is 0 Å². The van der Waals surface area contributed by atoms with Gasteiger partial charge in [0.25, 0.3) is 11.8 Å². The van der Waals surface area contributed by atoms with Gasteiger partial charge in [0.1, 0.15) is 5.78 Å². The van der Waals surface area contributed by atoms with Crippen LogP contribution in [0.4, 0.5) is 0 Å². The topological polar surface area (TPSA) is 54.5 Å². The van der Waals surface area contributed by atoms with E-state index in [4.69, 9.17) is 0 Å². The number of nitrogens with zero attached hydrogens (tertiary/aromatic N) is 1. The quantitative estimate of drug-likeness (QED) is 0.647. The Balaban J connectivity index is 2.65. The van der Waals surface area contributed by atoms with Crippen molar-refractivity contribution < 1.29 is 14.4 Å². The molecule has 0 aromatic rings. The number of amides is 2. The molecule has 0 radical (unpaired) electrons. The van der Waals surface area contributed by atoms with Crippen molar-refractivity contribution in [3.63, 3.8) is 0 Å². The first kappa shape index (κ1) is 11.6. The van der Waals surface area contributed by atoms with Crippen LogP contribution in [0.3, 0.4) is 0 Å². The summed E-state index contributed by atoms with van der Waals surface area (Å²) in [7, 11) is 0. The van der Waals surface area contributed by atoms with E-state index in [1.807, 2.05) is 13.8 Å². The molecule has 0 aromatic heterocycles. The zero-order valence-electron chi connectivity index (χ0n) is 9.24. The molecule has 4 heteroatoms. The van der Waals surface area contributed by atoms with Crippen LogP contribution in [0.1, 0.15) is 27.2 Å². The van der Waals surface area contributed by atoms with Gasteiger partial charge >= 0.3 is 0 Å². The van der Waals surface area contributed by atoms with Crippen LogP contribution in [0, 0.1) is 5.41 Å². The second-order valence-electron chi connectivity index (χ2n) is 4.64. The Hall–Kier alpha value is -1.45. The number of hydrogen-bond donors (Lipinski definition) is 0. The van der Waals surface area contributed by atoms with Crippen LogP contribution in [-0.4, -0.2) is 29.0 Å². The van der Waals surface area contributed by atoms with E-state index in [0.29, 0.717) is 6.42 Å². The summed E-state index contributed by atoms with van der Waals surface area (Å²) in [6.45, 7) is 5.53. The van der Waals surface area contributed by atoms with Gasteiger partial charge in [-0.15, -0.1) is 0 Å². The summed E-state index contributed by atoms with van der Waals surface area (Å²) in [5.41, 5.74) is -0.358. The Kier molecular flexibility index (Phi) is 3.07. The highest BCUT2D eigenvalue weighted by Crippen LogP contribution is 2.23. The molecule has 0 aromatic carbocycles. The van der Waals surface area contributed by atoms with Gasteiger partial charge in [-0.1, -0.05) is 13.8 Å². The molecule has 0 N–H and O–H groups in total. The Morgan fingerprint density at radius 1 is 1.27 bits per heavy atom. The van der Waals surface area contributed by atoms with Crippen molar-refractivity contribution in [3.05, 3.63) is 12.2 Å². The van der Waals surface area contributed by atoms with Crippen LogP contribution < -0.4 is 0 Å². The lowest BCUT2D eigenvalue weighted by Gasteiger charge is -2.28. The maximum atomic E-state index is 11.3. The summed E-state index contributed by atoms with van der Waals surface area (Å²) in [6, 6.07) is 0. The molecule has 1 aliphatic rings. The minimum absolute atomic E-state index is 0.0621. The third kappa shape index (κ3) is 3.01. The largest absolute Gasteiger partial charge is 0.300 e. The van der Waals surface area contributed by atoms with Crippen molar-refractivity contribution in [2.24, 2.45) is 5.41 Å². The van der Waals surface area contributed by atoms with E-state index in [2.05, 4.69) is 0 Å². The van der Waals surface area contributed by atoms with E-state index in [-0.39, 0.29) is 29.6 Å². The van der Waals surface area contributed by atoms with E-state index in [1.165, 1.54) is 24.0 Å². The summed E-state index contributed by atoms with van der Waals surface area (Å²) in [4.78, 5) is 34.7. The van der Waals surface area contributed by atoms with Crippen LogP contribution >= 0.6 is 0 Å². The maximum Gasteiger partial charge on any atom is 0.253 e. The van der Waals surface area contributed by atoms with Gasteiger partial charge < -0.3 is 4.79 Å². The Morgan fingerprint density at radius 2 is 1.73 bits per heavy atom. The highest BCUT2D eigenvalue weighted by Gasteiger charge is 2.30. The predicted octanol–water partition coefficient (Wildman–Crippen LogP) is 0.917. The molecule has 0 fully saturated rings. The number of carbonyl (C=O) groups excluding carboxylic acids is 3. The average Bonchev–Trinajstić information content (AvgIpc) is 2.33. The second kappa shape index (κ2) is 3.96. The lowest BCUT2D eigenvalue weighted by atomic mass is 9.87. The number of carbonyl (C=O) groups is 3. The van der Waals surface area contributed by atoms with E-state index < -0.39 is 0 Å². The molecule has 0 bridgehead atoms. The molecule has 15 heavy (non-hydrogen) atoms. The fraction of sp³-hybridized carbons (Fsp3) is 0.545. The van der Waals surface area contributed by atoms with E-state index in [0.717, 1.165) is 0 Å². The van der Waals surface area contributed by atoms with Crippen LogP contribution in [0.2, 0.25) is 0 Å². The van der Waals surface area contributed by atoms with Crippen molar-refractivity contribution in [1.29, 1.82) is 0 Å². The standard InChI is InChI=1S/C11H15NO3/c1-8(13)6-11(2,3)7-12-9(14)4-5-10(12)15/h4-5H,6-7H2,1-3H3. The smallest absolute Gasteiger partial charge is 0.253 e. The summed E-state index contributed by atoms with van der Waals surface area (Å²) in [6.07, 6.45) is 2.88. The van der Waals surface area contributed by atoms with Crippen molar-refractivity contribution in [2.45, 2.75) is 27.2 Å². The monoisotopic (exact) mass is 209 g/mol. The maximum absolute atomic E-state index is 11.3. The highest BCUT2D eigenvalue weighted by molar-refractivity contribution is 6.12. The summed E-state index contributed by atoms with van der Waals surface area (Å²) < 4.78 is 0. The molecule has 4 nitrogen and oxygen atoms in total. The van der Waals surface area contributed by atoms with E-state index >= 15 is 0 Å². The number of hydrogen-bond acceptors (Lipinski definition) is 3. The van der Waals surface area contributed by atoms with Crippen molar-refractivity contribution in [1.82, 2.24) is 4.90 Å². The van der Waals surface area contributed by atoms with Crippen molar-refractivity contribution in [3.8, 4) is 0 Å². The molecule has 1 heterocycles. The summed E-state index contributed by atoms with van der Waals surface area (Å²) in [5, 5.41) is 0. The number of ketones is 1. The van der Waals surface area contributed by atoms with Gasteiger partial charge in [-0.2, -0.15) is 0 Å². The number of imide groups is 1. The van der Waals surface area contributed by atoms with Crippen LogP contribution in [0.5, 0.6) is 0 Å². The molecular formula is C11H15NO3. The molecule has 0 unspecified atom stereocenters. The summed E-state index contributed by atoms with van der Waals surface area (Å²) >= 11 is 0. The molecule has 0 spiro atoms. The first-order valence-corrected chi connectivity index (χ1v) is 4.85. The molecule has 1 rings (SSSR count). The molecular weight excluding hydrogens is 194 g/mol. The zero-order chi connectivity index (χ0) is 11.6. The Morgan fingerprint density at radius 3 is 2.13 bits per heavy atom. The van der Waals surface area contributed by atoms with Gasteiger partial charge in [0.2, 0.25) is 0 Å².